The predicted octanol–water partition coefficient (Wildman–Crippen LogP) is 2.06. The van der Waals surface area contributed by atoms with Crippen LogP contribution in [0.3, 0.4) is 0 Å². The molecule has 3 heteroatoms. The Labute approximate surface area is 115 Å². The van der Waals surface area contributed by atoms with Crippen molar-refractivity contribution in [2.45, 2.75) is 19.8 Å². The first-order chi connectivity index (χ1) is 9.26. The van der Waals surface area contributed by atoms with Crippen LogP contribution in [-0.2, 0) is 0 Å². The van der Waals surface area contributed by atoms with Gasteiger partial charge in [-0.1, -0.05) is 12.1 Å². The van der Waals surface area contributed by atoms with Gasteiger partial charge in [-0.05, 0) is 56.0 Å². The second kappa shape index (κ2) is 5.51. The maximum absolute atomic E-state index is 5.84. The molecule has 1 aromatic rings. The van der Waals surface area contributed by atoms with E-state index in [9.17, 15) is 0 Å². The van der Waals surface area contributed by atoms with Crippen molar-refractivity contribution in [3.63, 3.8) is 0 Å². The highest BCUT2D eigenvalue weighted by Crippen LogP contribution is 2.35. The van der Waals surface area contributed by atoms with Gasteiger partial charge in [0.1, 0.15) is 12.4 Å². The summed E-state index contributed by atoms with van der Waals surface area (Å²) in [6, 6.07) is 8.30. The van der Waals surface area contributed by atoms with Gasteiger partial charge in [0, 0.05) is 19.6 Å². The minimum Gasteiger partial charge on any atom is -0.492 e. The third-order valence-corrected chi connectivity index (χ3v) is 4.52. The van der Waals surface area contributed by atoms with E-state index in [0.29, 0.717) is 5.41 Å². The number of nitrogens with zero attached hydrogens (tertiary/aromatic N) is 1. The molecular formula is C16H24N2O. The Balaban J connectivity index is 1.43. The van der Waals surface area contributed by atoms with Crippen LogP contribution in [0.5, 0.6) is 5.75 Å². The minimum atomic E-state index is 0.573. The zero-order valence-corrected chi connectivity index (χ0v) is 11.8. The lowest BCUT2D eigenvalue weighted by molar-refractivity contribution is 0.217. The Bertz CT molecular complexity index is 427. The lowest BCUT2D eigenvalue weighted by Gasteiger charge is -2.22. The summed E-state index contributed by atoms with van der Waals surface area (Å²) in [4.78, 5) is 2.56. The molecule has 19 heavy (non-hydrogen) atoms. The van der Waals surface area contributed by atoms with Crippen LogP contribution in [0, 0.1) is 12.3 Å². The molecule has 0 aromatic heterocycles. The van der Waals surface area contributed by atoms with Crippen molar-refractivity contribution in [2.75, 3.05) is 39.3 Å². The van der Waals surface area contributed by atoms with Gasteiger partial charge in [0.2, 0.25) is 0 Å². The van der Waals surface area contributed by atoms with Crippen LogP contribution in [0.15, 0.2) is 24.3 Å². The molecule has 1 atom stereocenters. The lowest BCUT2D eigenvalue weighted by Crippen LogP contribution is -2.31. The summed E-state index contributed by atoms with van der Waals surface area (Å²) in [7, 11) is 0. The van der Waals surface area contributed by atoms with Gasteiger partial charge in [0.25, 0.3) is 0 Å². The van der Waals surface area contributed by atoms with Crippen molar-refractivity contribution >= 4 is 0 Å². The van der Waals surface area contributed by atoms with E-state index in [1.807, 2.05) is 6.07 Å². The molecule has 2 aliphatic rings. The van der Waals surface area contributed by atoms with Crippen LogP contribution in [0.1, 0.15) is 18.4 Å². The summed E-state index contributed by atoms with van der Waals surface area (Å²) in [5.74, 6) is 0.997. The Morgan fingerprint density at radius 1 is 1.37 bits per heavy atom. The topological polar surface area (TPSA) is 24.5 Å². The molecule has 2 fully saturated rings. The molecule has 1 N–H and O–H groups in total. The molecular weight excluding hydrogens is 236 g/mol. The molecule has 0 saturated carbocycles. The quantitative estimate of drug-likeness (QED) is 0.897. The van der Waals surface area contributed by atoms with E-state index >= 15 is 0 Å². The summed E-state index contributed by atoms with van der Waals surface area (Å²) in [6.07, 6.45) is 2.70. The number of hydrogen-bond donors (Lipinski definition) is 1. The van der Waals surface area contributed by atoms with Crippen LogP contribution in [-0.4, -0.2) is 44.2 Å². The van der Waals surface area contributed by atoms with Gasteiger partial charge in [-0.3, -0.25) is 4.90 Å². The summed E-state index contributed by atoms with van der Waals surface area (Å²) in [5.41, 5.74) is 1.83. The van der Waals surface area contributed by atoms with Gasteiger partial charge < -0.3 is 10.1 Å². The first kappa shape index (κ1) is 12.9. The highest BCUT2D eigenvalue weighted by Gasteiger charge is 2.39. The van der Waals surface area contributed by atoms with Crippen LogP contribution in [0.4, 0.5) is 0 Å². The Morgan fingerprint density at radius 3 is 3.11 bits per heavy atom. The average Bonchev–Trinajstić information content (AvgIpc) is 3.01. The van der Waals surface area contributed by atoms with Gasteiger partial charge in [0.05, 0.1) is 0 Å². The molecule has 0 aliphatic carbocycles. The summed E-state index contributed by atoms with van der Waals surface area (Å²) >= 11 is 0. The van der Waals surface area contributed by atoms with Crippen molar-refractivity contribution < 1.29 is 4.74 Å². The molecule has 0 amide bonds. The van der Waals surface area contributed by atoms with Crippen molar-refractivity contribution in [3.8, 4) is 5.75 Å². The first-order valence-electron chi connectivity index (χ1n) is 7.38. The Kier molecular flexibility index (Phi) is 3.76. The van der Waals surface area contributed by atoms with Crippen molar-refractivity contribution in [2.24, 2.45) is 5.41 Å². The summed E-state index contributed by atoms with van der Waals surface area (Å²) < 4.78 is 5.84. The maximum atomic E-state index is 5.84. The number of rotatable bonds is 4. The molecule has 2 heterocycles. The minimum absolute atomic E-state index is 0.573. The van der Waals surface area contributed by atoms with E-state index in [2.05, 4.69) is 35.3 Å². The smallest absolute Gasteiger partial charge is 0.119 e. The van der Waals surface area contributed by atoms with E-state index < -0.39 is 0 Å². The van der Waals surface area contributed by atoms with Gasteiger partial charge >= 0.3 is 0 Å². The van der Waals surface area contributed by atoms with E-state index in [1.165, 1.54) is 44.6 Å². The molecule has 104 valence electrons. The Hall–Kier alpha value is -1.06. The molecule has 3 nitrogen and oxygen atoms in total. The highest BCUT2D eigenvalue weighted by molar-refractivity contribution is 5.27. The summed E-state index contributed by atoms with van der Waals surface area (Å²) in [6.45, 7) is 8.85. The van der Waals surface area contributed by atoms with Gasteiger partial charge in [-0.2, -0.15) is 0 Å². The predicted molar refractivity (Wildman–Crippen MR) is 77.7 cm³/mol. The van der Waals surface area contributed by atoms with E-state index in [-0.39, 0.29) is 0 Å². The second-order valence-electron chi connectivity index (χ2n) is 6.12. The first-order valence-corrected chi connectivity index (χ1v) is 7.38. The fourth-order valence-corrected chi connectivity index (χ4v) is 3.36. The number of nitrogens with one attached hydrogen (secondary N) is 1. The number of benzene rings is 1. The third kappa shape index (κ3) is 3.10. The van der Waals surface area contributed by atoms with E-state index in [0.717, 1.165) is 18.9 Å². The fraction of sp³-hybridized carbons (Fsp3) is 0.625. The molecule has 3 rings (SSSR count). The largest absolute Gasteiger partial charge is 0.492 e. The lowest BCUT2D eigenvalue weighted by atomic mass is 9.87. The third-order valence-electron chi connectivity index (χ3n) is 4.52. The molecule has 2 aliphatic heterocycles. The fourth-order valence-electron chi connectivity index (χ4n) is 3.36. The van der Waals surface area contributed by atoms with Crippen molar-refractivity contribution in [1.82, 2.24) is 10.2 Å². The maximum Gasteiger partial charge on any atom is 0.119 e. The van der Waals surface area contributed by atoms with Crippen LogP contribution < -0.4 is 10.1 Å². The molecule has 0 radical (unpaired) electrons. The second-order valence-corrected chi connectivity index (χ2v) is 6.12. The van der Waals surface area contributed by atoms with E-state index in [4.69, 9.17) is 4.74 Å². The number of ether oxygens (including phenoxy) is 1. The zero-order chi connectivity index (χ0) is 13.1. The number of aryl methyl sites for hydroxylation is 1. The molecule has 2 saturated heterocycles. The summed E-state index contributed by atoms with van der Waals surface area (Å²) in [5, 5.41) is 3.51. The Morgan fingerprint density at radius 2 is 2.32 bits per heavy atom. The van der Waals surface area contributed by atoms with Gasteiger partial charge in [-0.15, -0.1) is 0 Å². The zero-order valence-electron chi connectivity index (χ0n) is 11.8. The standard InChI is InChI=1S/C16H24N2O/c1-14-3-2-4-15(11-14)19-10-9-18-8-6-16(13-18)5-7-17-12-16/h2-4,11,17H,5-10,12-13H2,1H3. The molecule has 1 unspecified atom stereocenters. The number of likely N-dealkylation sites (tertiary alicyclic amines) is 1. The average molecular weight is 260 g/mol. The van der Waals surface area contributed by atoms with Crippen LogP contribution >= 0.6 is 0 Å². The monoisotopic (exact) mass is 260 g/mol. The van der Waals surface area contributed by atoms with Gasteiger partial charge in [-0.25, -0.2) is 0 Å². The number of hydrogen-bond acceptors (Lipinski definition) is 3. The highest BCUT2D eigenvalue weighted by atomic mass is 16.5. The molecule has 0 bridgehead atoms. The van der Waals surface area contributed by atoms with Crippen molar-refractivity contribution in [3.05, 3.63) is 29.8 Å². The van der Waals surface area contributed by atoms with E-state index in [1.54, 1.807) is 0 Å². The molecule has 1 spiro atoms. The normalized spacial score (nSPS) is 27.2. The van der Waals surface area contributed by atoms with Crippen molar-refractivity contribution in [1.29, 1.82) is 0 Å². The van der Waals surface area contributed by atoms with Crippen LogP contribution in [0.25, 0.3) is 0 Å². The molecule has 1 aromatic carbocycles. The SMILES string of the molecule is Cc1cccc(OCCN2CCC3(CCNC3)C2)c1. The van der Waals surface area contributed by atoms with Gasteiger partial charge in [0.15, 0.2) is 0 Å². The van der Waals surface area contributed by atoms with Crippen LogP contribution in [0.2, 0.25) is 0 Å².